The number of hydrazine groups is 1. The van der Waals surface area contributed by atoms with E-state index in [1.54, 1.807) is 6.07 Å². The minimum absolute atomic E-state index is 0.0137. The van der Waals surface area contributed by atoms with Gasteiger partial charge in [-0.3, -0.25) is 0 Å². The molecule has 6 N–H and O–H groups in total. The topological polar surface area (TPSA) is 153 Å². The number of nitriles is 1. The zero-order chi connectivity index (χ0) is 20.8. The highest BCUT2D eigenvalue weighted by atomic mass is 16.3. The minimum Gasteiger partial charge on any atom is -0.394 e. The van der Waals surface area contributed by atoms with Crippen LogP contribution in [0.4, 0.5) is 17.3 Å². The van der Waals surface area contributed by atoms with Crippen molar-refractivity contribution < 1.29 is 5.11 Å². The number of hydrogen-bond donors (Lipinski definition) is 4. The summed E-state index contributed by atoms with van der Waals surface area (Å²) in [5, 5.41) is 23.2. The van der Waals surface area contributed by atoms with Crippen LogP contribution in [-0.4, -0.2) is 46.4 Å². The van der Waals surface area contributed by atoms with Crippen LogP contribution in [0.15, 0.2) is 41.4 Å². The highest BCUT2D eigenvalue weighted by Crippen LogP contribution is 2.26. The summed E-state index contributed by atoms with van der Waals surface area (Å²) in [4.78, 5) is 14.7. The first kappa shape index (κ1) is 20.3. The molecule has 0 spiro atoms. The normalized spacial score (nSPS) is 17.7. The van der Waals surface area contributed by atoms with Crippen LogP contribution in [0.2, 0.25) is 0 Å². The van der Waals surface area contributed by atoms with Gasteiger partial charge in [0.2, 0.25) is 11.8 Å². The third-order valence-corrected chi connectivity index (χ3v) is 4.65. The van der Waals surface area contributed by atoms with Gasteiger partial charge in [-0.2, -0.15) is 10.2 Å². The predicted octanol–water partition coefficient (Wildman–Crippen LogP) is 0.762. The summed E-state index contributed by atoms with van der Waals surface area (Å²) in [7, 11) is 0. The Morgan fingerprint density at radius 1 is 1.45 bits per heavy atom. The van der Waals surface area contributed by atoms with E-state index in [0.29, 0.717) is 5.82 Å². The van der Waals surface area contributed by atoms with Crippen LogP contribution in [-0.2, 0) is 0 Å². The Balaban J connectivity index is 1.81. The molecule has 0 bridgehead atoms. The number of nitrogens with zero attached hydrogens (tertiary/aromatic N) is 6. The van der Waals surface area contributed by atoms with Crippen molar-refractivity contribution in [2.45, 2.75) is 32.0 Å². The lowest BCUT2D eigenvalue weighted by atomic mass is 10.2. The third kappa shape index (κ3) is 4.90. The molecule has 1 aliphatic heterocycles. The zero-order valence-electron chi connectivity index (χ0n) is 16.2. The maximum Gasteiger partial charge on any atom is 0.236 e. The van der Waals surface area contributed by atoms with Crippen molar-refractivity contribution >= 4 is 23.3 Å². The molecule has 1 saturated heterocycles. The molecule has 0 aliphatic carbocycles. The standard InChI is InChI=1S/C19H25N9O/c1-13(23-14-6-3-2-4-7-14)24-19(21)28(22)18-10-17(25-16(11-20)26-18)27-9-5-8-15(27)12-29/h2-4,6-7,10,13,15,23,29H,5,8-9,12,22H2,1H3,(H2,21,24). The lowest BCUT2D eigenvalue weighted by Gasteiger charge is -2.25. The molecule has 10 heteroatoms. The molecule has 1 fully saturated rings. The number of aliphatic imine (C=N–C) groups is 1. The van der Waals surface area contributed by atoms with Crippen LogP contribution in [0.3, 0.4) is 0 Å². The average molecular weight is 395 g/mol. The van der Waals surface area contributed by atoms with Gasteiger partial charge in [-0.1, -0.05) is 18.2 Å². The Labute approximate surface area is 169 Å². The van der Waals surface area contributed by atoms with Crippen LogP contribution >= 0.6 is 0 Å². The summed E-state index contributed by atoms with van der Waals surface area (Å²) in [6.07, 6.45) is 1.46. The van der Waals surface area contributed by atoms with Gasteiger partial charge in [0.25, 0.3) is 0 Å². The highest BCUT2D eigenvalue weighted by molar-refractivity contribution is 5.93. The molecule has 2 unspecified atom stereocenters. The molecule has 0 radical (unpaired) electrons. The summed E-state index contributed by atoms with van der Waals surface area (Å²) < 4.78 is 0. The van der Waals surface area contributed by atoms with Crippen molar-refractivity contribution in [3.63, 3.8) is 0 Å². The second-order valence-corrected chi connectivity index (χ2v) is 6.74. The second kappa shape index (κ2) is 9.18. The van der Waals surface area contributed by atoms with Crippen molar-refractivity contribution in [2.75, 3.05) is 28.4 Å². The van der Waals surface area contributed by atoms with Crippen LogP contribution in [0.25, 0.3) is 0 Å². The van der Waals surface area contributed by atoms with E-state index in [1.807, 2.05) is 48.2 Å². The zero-order valence-corrected chi connectivity index (χ0v) is 16.2. The molecular formula is C19H25N9O. The maximum absolute atomic E-state index is 9.58. The molecule has 29 heavy (non-hydrogen) atoms. The molecule has 2 heterocycles. The van der Waals surface area contributed by atoms with E-state index in [2.05, 4.69) is 20.3 Å². The number of anilines is 3. The number of guanidine groups is 1. The first-order valence-corrected chi connectivity index (χ1v) is 9.38. The third-order valence-electron chi connectivity index (χ3n) is 4.65. The smallest absolute Gasteiger partial charge is 0.236 e. The van der Waals surface area contributed by atoms with E-state index >= 15 is 0 Å². The molecule has 10 nitrogen and oxygen atoms in total. The van der Waals surface area contributed by atoms with Crippen molar-refractivity contribution in [2.24, 2.45) is 16.6 Å². The highest BCUT2D eigenvalue weighted by Gasteiger charge is 2.26. The molecular weight excluding hydrogens is 370 g/mol. The van der Waals surface area contributed by atoms with E-state index in [1.165, 1.54) is 0 Å². The fourth-order valence-electron chi connectivity index (χ4n) is 3.26. The van der Waals surface area contributed by atoms with Gasteiger partial charge in [-0.05, 0) is 31.9 Å². The van der Waals surface area contributed by atoms with E-state index < -0.39 is 0 Å². The number of aromatic nitrogens is 2. The van der Waals surface area contributed by atoms with E-state index in [9.17, 15) is 10.4 Å². The largest absolute Gasteiger partial charge is 0.394 e. The Morgan fingerprint density at radius 2 is 2.21 bits per heavy atom. The van der Waals surface area contributed by atoms with Gasteiger partial charge in [-0.25, -0.2) is 20.8 Å². The number of benzene rings is 1. The van der Waals surface area contributed by atoms with Crippen LogP contribution in [0, 0.1) is 11.3 Å². The quantitative estimate of drug-likeness (QED) is 0.240. The van der Waals surface area contributed by atoms with Crippen molar-refractivity contribution in [3.8, 4) is 6.07 Å². The first-order valence-electron chi connectivity index (χ1n) is 9.38. The molecule has 1 aromatic carbocycles. The molecule has 2 aromatic rings. The number of aliphatic hydroxyl groups is 1. The van der Waals surface area contributed by atoms with Gasteiger partial charge in [0.15, 0.2) is 5.82 Å². The lowest BCUT2D eigenvalue weighted by molar-refractivity contribution is 0.266. The number of para-hydroxylation sites is 1. The van der Waals surface area contributed by atoms with Crippen LogP contribution in [0.5, 0.6) is 0 Å². The van der Waals surface area contributed by atoms with Crippen LogP contribution in [0.1, 0.15) is 25.6 Å². The number of rotatable bonds is 6. The Kier molecular flexibility index (Phi) is 6.43. The average Bonchev–Trinajstić information content (AvgIpc) is 3.22. The number of nitrogens with one attached hydrogen (secondary N) is 1. The van der Waals surface area contributed by atoms with Crippen molar-refractivity contribution in [1.82, 2.24) is 9.97 Å². The van der Waals surface area contributed by atoms with Gasteiger partial charge in [0.05, 0.1) is 12.6 Å². The summed E-state index contributed by atoms with van der Waals surface area (Å²) in [5.74, 6) is 6.91. The van der Waals surface area contributed by atoms with Crippen molar-refractivity contribution in [1.29, 1.82) is 5.26 Å². The van der Waals surface area contributed by atoms with Crippen LogP contribution < -0.4 is 26.8 Å². The van der Waals surface area contributed by atoms with Gasteiger partial charge in [0.1, 0.15) is 18.1 Å². The molecule has 0 saturated carbocycles. The number of aliphatic hydroxyl groups excluding tert-OH is 1. The monoisotopic (exact) mass is 395 g/mol. The lowest BCUT2D eigenvalue weighted by Crippen LogP contribution is -2.45. The first-order chi connectivity index (χ1) is 14.0. The molecule has 3 rings (SSSR count). The fraction of sp³-hybridized carbons (Fsp3) is 0.368. The van der Waals surface area contributed by atoms with Gasteiger partial charge < -0.3 is 21.1 Å². The maximum atomic E-state index is 9.58. The SMILES string of the molecule is CC(N=C(N)N(N)c1cc(N2CCCC2CO)nc(C#N)n1)Nc1ccccc1. The number of hydrogen-bond acceptors (Lipinski definition) is 8. The summed E-state index contributed by atoms with van der Waals surface area (Å²) in [6.45, 7) is 2.59. The van der Waals surface area contributed by atoms with E-state index in [0.717, 1.165) is 30.1 Å². The molecule has 152 valence electrons. The number of nitrogens with two attached hydrogens (primary N) is 2. The molecule has 1 aliphatic rings. The molecule has 1 aromatic heterocycles. The minimum atomic E-state index is -0.336. The summed E-state index contributed by atoms with van der Waals surface area (Å²) >= 11 is 0. The predicted molar refractivity (Wildman–Crippen MR) is 112 cm³/mol. The Hall–Kier alpha value is -3.42. The van der Waals surface area contributed by atoms with E-state index in [4.69, 9.17) is 11.6 Å². The fourth-order valence-corrected chi connectivity index (χ4v) is 3.26. The summed E-state index contributed by atoms with van der Waals surface area (Å²) in [5.41, 5.74) is 6.97. The van der Waals surface area contributed by atoms with E-state index in [-0.39, 0.29) is 36.4 Å². The summed E-state index contributed by atoms with van der Waals surface area (Å²) in [6, 6.07) is 13.2. The van der Waals surface area contributed by atoms with Gasteiger partial charge in [0, 0.05) is 18.3 Å². The Morgan fingerprint density at radius 3 is 2.90 bits per heavy atom. The second-order valence-electron chi connectivity index (χ2n) is 6.74. The Bertz CT molecular complexity index is 896. The molecule has 0 amide bonds. The van der Waals surface area contributed by atoms with Crippen molar-refractivity contribution in [3.05, 3.63) is 42.2 Å². The molecule has 2 atom stereocenters. The van der Waals surface area contributed by atoms with Gasteiger partial charge >= 0.3 is 0 Å². The van der Waals surface area contributed by atoms with Gasteiger partial charge in [-0.15, -0.1) is 0 Å².